The van der Waals surface area contributed by atoms with E-state index in [1.54, 1.807) is 0 Å². The molecule has 5 aromatic rings. The van der Waals surface area contributed by atoms with Crippen LogP contribution in [0, 0.1) is 12.0 Å². The average Bonchev–Trinajstić information content (AvgIpc) is 3.00. The molecule has 0 amide bonds. The molecule has 2 N–H and O–H groups in total. The Labute approximate surface area is 348 Å². The molecular weight excluding hydrogens is 757 g/mol. The molecule has 234 valence electrons. The normalized spacial score (nSPS) is 11.3. The van der Waals surface area contributed by atoms with Crippen LogP contribution in [0.5, 0.6) is 5.75 Å². The van der Waals surface area contributed by atoms with Crippen LogP contribution in [0.25, 0.3) is 21.5 Å². The van der Waals surface area contributed by atoms with Crippen molar-refractivity contribution in [3.8, 4) is 5.75 Å². The molecule has 0 saturated carbocycles. The number of nitrogens with zero attached hydrogens (tertiary/aromatic N) is 4. The van der Waals surface area contributed by atoms with E-state index in [-0.39, 0.29) is 137 Å². The third-order valence-corrected chi connectivity index (χ3v) is 8.40. The van der Waals surface area contributed by atoms with Gasteiger partial charge in [-0.05, 0) is 47.2 Å². The maximum absolute atomic E-state index is 13.7. The fraction of sp³-hybridized carbons (Fsp3) is 0. The standard InChI is InChI=1S/C24H14ClF2N5O10S3.3Na/c25-18-22(26)29-24(27)30-23(18)28-11-4-5-12-10(8-11)9-17(44-42-40-35)19(20(12)33)32-31-15-7-6-13-14(21(15)45(36,37)38)2-1-3-16(13)43-41-39-34;;;/h1-9,33-35H,(H,28,29,30)(H,36,37,38);;;/q;3*+1/p-3. The topological polar surface area (TPSA) is 223 Å². The fourth-order valence-electron chi connectivity index (χ4n) is 4.11. The molecule has 5 rings (SSSR count). The molecule has 0 bridgehead atoms. The van der Waals surface area contributed by atoms with Gasteiger partial charge in [0.1, 0.15) is 26.5 Å². The van der Waals surface area contributed by atoms with Crippen LogP contribution in [0.3, 0.4) is 0 Å². The van der Waals surface area contributed by atoms with Crippen molar-refractivity contribution in [1.29, 1.82) is 0 Å². The van der Waals surface area contributed by atoms with Crippen molar-refractivity contribution in [2.45, 2.75) is 14.7 Å². The van der Waals surface area contributed by atoms with Gasteiger partial charge in [0.2, 0.25) is 5.95 Å². The van der Waals surface area contributed by atoms with Crippen LogP contribution in [-0.2, 0) is 28.9 Å². The maximum Gasteiger partial charge on any atom is 1.00 e. The number of halogens is 3. The van der Waals surface area contributed by atoms with E-state index < -0.39 is 43.5 Å². The Morgan fingerprint density at radius 3 is 2.21 bits per heavy atom. The second kappa shape index (κ2) is 19.2. The zero-order chi connectivity index (χ0) is 32.3. The number of nitrogens with one attached hydrogen (secondary N) is 1. The number of rotatable bonds is 11. The Kier molecular flexibility index (Phi) is 17.3. The first-order valence-electron chi connectivity index (χ1n) is 11.7. The summed E-state index contributed by atoms with van der Waals surface area (Å²) < 4.78 is 72.9. The molecule has 4 aromatic carbocycles. The van der Waals surface area contributed by atoms with Crippen molar-refractivity contribution in [1.82, 2.24) is 9.97 Å². The van der Waals surface area contributed by atoms with Crippen LogP contribution in [0.15, 0.2) is 79.5 Å². The first-order valence-corrected chi connectivity index (χ1v) is 14.9. The molecule has 0 radical (unpaired) electrons. The van der Waals surface area contributed by atoms with Gasteiger partial charge in [0.15, 0.2) is 11.6 Å². The fourth-order valence-corrected chi connectivity index (χ4v) is 6.05. The molecule has 0 aliphatic heterocycles. The number of aromatic nitrogens is 2. The minimum absolute atomic E-state index is 0. The van der Waals surface area contributed by atoms with Crippen molar-refractivity contribution in [3.63, 3.8) is 0 Å². The summed E-state index contributed by atoms with van der Waals surface area (Å²) in [6.07, 6.45) is -1.37. The number of phenolic OH excluding ortho intramolecular Hbond substituents is 1. The van der Waals surface area contributed by atoms with Crippen molar-refractivity contribution in [2.75, 3.05) is 5.32 Å². The van der Waals surface area contributed by atoms with E-state index in [2.05, 4.69) is 44.3 Å². The molecule has 15 nitrogen and oxygen atoms in total. The van der Waals surface area contributed by atoms with Crippen molar-refractivity contribution < 1.29 is 145 Å². The number of azo groups is 1. The van der Waals surface area contributed by atoms with Crippen LogP contribution in [0.1, 0.15) is 0 Å². The molecule has 0 atom stereocenters. The van der Waals surface area contributed by atoms with Gasteiger partial charge in [0.25, 0.3) is 0 Å². The van der Waals surface area contributed by atoms with Gasteiger partial charge < -0.3 is 25.5 Å². The summed E-state index contributed by atoms with van der Waals surface area (Å²) in [4.78, 5) is 5.69. The van der Waals surface area contributed by atoms with Gasteiger partial charge in [-0.1, -0.05) is 29.8 Å². The van der Waals surface area contributed by atoms with Crippen molar-refractivity contribution in [3.05, 3.63) is 71.6 Å². The Hall–Kier alpha value is -0.800. The number of hydrogen-bond donors (Lipinski definition) is 2. The van der Waals surface area contributed by atoms with Crippen molar-refractivity contribution >= 4 is 90.2 Å². The zero-order valence-corrected chi connectivity index (χ0v) is 33.7. The molecule has 0 aliphatic carbocycles. The number of hydrogen-bond acceptors (Lipinski definition) is 17. The summed E-state index contributed by atoms with van der Waals surface area (Å²) >= 11 is 6.59. The Morgan fingerprint density at radius 2 is 1.54 bits per heavy atom. The Bertz CT molecular complexity index is 2090. The van der Waals surface area contributed by atoms with Gasteiger partial charge in [0, 0.05) is 21.4 Å². The Morgan fingerprint density at radius 1 is 0.875 bits per heavy atom. The van der Waals surface area contributed by atoms with Gasteiger partial charge in [-0.2, -0.15) is 27.4 Å². The monoisotopic (exact) mass is 767 g/mol. The van der Waals surface area contributed by atoms with E-state index in [1.807, 2.05) is 0 Å². The van der Waals surface area contributed by atoms with Gasteiger partial charge in [-0.15, -0.1) is 10.2 Å². The number of fused-ring (bicyclic) bond motifs is 2. The summed E-state index contributed by atoms with van der Waals surface area (Å²) in [5, 5.41) is 49.0. The minimum Gasteiger partial charge on any atom is -0.744 e. The molecule has 0 spiro atoms. The summed E-state index contributed by atoms with van der Waals surface area (Å²) in [7, 11) is -5.18. The van der Waals surface area contributed by atoms with Crippen LogP contribution in [0.4, 0.5) is 31.7 Å². The quantitative estimate of drug-likeness (QED) is 0.0191. The van der Waals surface area contributed by atoms with E-state index in [4.69, 9.17) is 11.6 Å². The largest absolute Gasteiger partial charge is 1.00 e. The molecule has 48 heavy (non-hydrogen) atoms. The number of benzene rings is 4. The summed E-state index contributed by atoms with van der Waals surface area (Å²) in [6.45, 7) is 0. The second-order valence-electron chi connectivity index (χ2n) is 8.44. The van der Waals surface area contributed by atoms with Gasteiger partial charge in [-0.25, -0.2) is 8.42 Å². The molecule has 1 aromatic heterocycles. The first-order chi connectivity index (χ1) is 21.5. The average molecular weight is 768 g/mol. The van der Waals surface area contributed by atoms with Gasteiger partial charge >= 0.3 is 94.8 Å². The summed E-state index contributed by atoms with van der Waals surface area (Å²) in [5.41, 5.74) is -0.537. The van der Waals surface area contributed by atoms with E-state index in [0.717, 1.165) is 6.07 Å². The van der Waals surface area contributed by atoms with Gasteiger partial charge in [0.05, 0.1) is 33.9 Å². The van der Waals surface area contributed by atoms with Crippen molar-refractivity contribution in [2.24, 2.45) is 10.2 Å². The molecule has 1 heterocycles. The third-order valence-electron chi connectivity index (χ3n) is 5.86. The maximum atomic E-state index is 13.7. The summed E-state index contributed by atoms with van der Waals surface area (Å²) in [5.74, 6) is -2.21. The second-order valence-corrected chi connectivity index (χ2v) is 11.6. The minimum atomic E-state index is -5.18. The molecule has 0 saturated heterocycles. The molecule has 0 unspecified atom stereocenters. The van der Waals surface area contributed by atoms with Crippen LogP contribution in [0.2, 0.25) is 5.02 Å². The SMILES string of the molecule is O=S(=O)([O-])c1c(N=Nc2c(SOO[O-])cc3cc(Nc4nc(F)nc(F)c4Cl)ccc3c2O)ccc2c(SOO[O-])cccc12.[Na+].[Na+].[Na+]. The van der Waals surface area contributed by atoms with E-state index >= 15 is 0 Å². The third kappa shape index (κ3) is 9.95. The molecule has 0 fully saturated rings. The van der Waals surface area contributed by atoms with Gasteiger partial charge in [-0.3, -0.25) is 10.1 Å². The predicted molar refractivity (Wildman–Crippen MR) is 148 cm³/mol. The van der Waals surface area contributed by atoms with E-state index in [0.29, 0.717) is 24.1 Å². The first kappa shape index (κ1) is 43.4. The molecule has 24 heteroatoms. The van der Waals surface area contributed by atoms with Crippen LogP contribution < -0.4 is 105 Å². The number of anilines is 2. The van der Waals surface area contributed by atoms with E-state index in [1.165, 1.54) is 48.5 Å². The number of phenols is 1. The smallest absolute Gasteiger partial charge is 0.744 e. The summed E-state index contributed by atoms with van der Waals surface area (Å²) in [6, 6.07) is 12.3. The van der Waals surface area contributed by atoms with Crippen LogP contribution in [-0.4, -0.2) is 28.0 Å². The number of aromatic hydroxyl groups is 1. The predicted octanol–water partition coefficient (Wildman–Crippen LogP) is -4.04. The molecular formula is C24H11ClF2N5Na3O10S3. The Balaban J connectivity index is 0.00000267. The van der Waals surface area contributed by atoms with Crippen LogP contribution >= 0.6 is 35.7 Å². The van der Waals surface area contributed by atoms with E-state index in [9.17, 15) is 37.4 Å². The zero-order valence-electron chi connectivity index (χ0n) is 24.5. The molecule has 0 aliphatic rings.